The molecule has 0 aliphatic carbocycles. The van der Waals surface area contributed by atoms with E-state index in [4.69, 9.17) is 0 Å². The molecular weight excluding hydrogens is 334 g/mol. The number of hydrogen-bond acceptors (Lipinski definition) is 4. The van der Waals surface area contributed by atoms with Crippen LogP contribution in [-0.2, 0) is 18.0 Å². The Bertz CT molecular complexity index is 982. The second-order valence-electron chi connectivity index (χ2n) is 4.84. The maximum Gasteiger partial charge on any atom is 0.431 e. The maximum absolute atomic E-state index is 14.1. The zero-order valence-corrected chi connectivity index (χ0v) is 12.3. The molecule has 0 radical (unpaired) electrons. The van der Waals surface area contributed by atoms with Crippen molar-refractivity contribution in [3.8, 4) is 5.69 Å². The molecule has 0 saturated carbocycles. The van der Waals surface area contributed by atoms with Crippen LogP contribution in [0.4, 0.5) is 23.2 Å². The summed E-state index contributed by atoms with van der Waals surface area (Å²) in [4.78, 5) is 37.7. The summed E-state index contributed by atoms with van der Waals surface area (Å²) in [5.41, 5.74) is -4.69. The highest BCUT2D eigenvalue weighted by Gasteiger charge is 2.35. The molecule has 2 aromatic rings. The minimum atomic E-state index is -4.93. The average molecular weight is 343 g/mol. The van der Waals surface area contributed by atoms with Crippen molar-refractivity contribution in [2.45, 2.75) is 13.1 Å². The van der Waals surface area contributed by atoms with Crippen molar-refractivity contribution in [1.29, 1.82) is 0 Å². The normalized spacial score (nSPS) is 11.2. The standard InChI is InChI=1S/C14H9F4N3O3/c1-7-3-8(15)10(4-9(7)19-6-22)21-12(23)5-11(14(16,17)18)20(2)13(21)24/h3-5H,1-2H3. The molecule has 0 fully saturated rings. The number of carbonyl (C=O) groups excluding carboxylic acids is 1. The lowest BCUT2D eigenvalue weighted by molar-refractivity contribution is -0.144. The number of aromatic nitrogens is 2. The average Bonchev–Trinajstić information content (AvgIpc) is 2.46. The number of halogens is 4. The molecule has 0 aliphatic rings. The zero-order valence-electron chi connectivity index (χ0n) is 12.3. The van der Waals surface area contributed by atoms with Crippen molar-refractivity contribution in [2.24, 2.45) is 12.0 Å². The maximum atomic E-state index is 14.1. The van der Waals surface area contributed by atoms with Gasteiger partial charge in [0, 0.05) is 13.1 Å². The summed E-state index contributed by atoms with van der Waals surface area (Å²) in [6, 6.07) is 1.99. The molecule has 0 saturated heterocycles. The van der Waals surface area contributed by atoms with Crippen LogP contribution in [-0.4, -0.2) is 15.2 Å². The summed E-state index contributed by atoms with van der Waals surface area (Å²) in [6.07, 6.45) is -3.70. The summed E-state index contributed by atoms with van der Waals surface area (Å²) in [7, 11) is 0.803. The first-order chi connectivity index (χ1) is 11.1. The molecule has 0 unspecified atom stereocenters. The summed E-state index contributed by atoms with van der Waals surface area (Å²) in [5, 5.41) is 0. The van der Waals surface area contributed by atoms with E-state index in [9.17, 15) is 31.9 Å². The highest BCUT2D eigenvalue weighted by molar-refractivity contribution is 5.58. The smallest absolute Gasteiger partial charge is 0.292 e. The highest BCUT2D eigenvalue weighted by atomic mass is 19.4. The second-order valence-corrected chi connectivity index (χ2v) is 4.84. The predicted molar refractivity (Wildman–Crippen MR) is 74.8 cm³/mol. The molecule has 1 heterocycles. The molecule has 0 N–H and O–H groups in total. The molecule has 0 amide bonds. The Balaban J connectivity index is 2.87. The van der Waals surface area contributed by atoms with E-state index in [0.29, 0.717) is 0 Å². The van der Waals surface area contributed by atoms with E-state index in [1.54, 1.807) is 0 Å². The summed E-state index contributed by atoms with van der Waals surface area (Å²) < 4.78 is 52.9. The van der Waals surface area contributed by atoms with E-state index in [-0.39, 0.29) is 26.5 Å². The van der Waals surface area contributed by atoms with Crippen LogP contribution in [0.25, 0.3) is 5.69 Å². The molecular formula is C14H9F4N3O3. The molecule has 6 nitrogen and oxygen atoms in total. The molecule has 0 spiro atoms. The number of nitrogens with zero attached hydrogens (tertiary/aromatic N) is 3. The van der Waals surface area contributed by atoms with Crippen molar-refractivity contribution >= 4 is 11.8 Å². The molecule has 1 aromatic heterocycles. The van der Waals surface area contributed by atoms with Gasteiger partial charge in [-0.1, -0.05) is 0 Å². The third-order valence-electron chi connectivity index (χ3n) is 3.28. The fourth-order valence-electron chi connectivity index (χ4n) is 2.11. The highest BCUT2D eigenvalue weighted by Crippen LogP contribution is 2.27. The molecule has 10 heteroatoms. The molecule has 2 rings (SSSR count). The Kier molecular flexibility index (Phi) is 4.26. The van der Waals surface area contributed by atoms with Crippen LogP contribution >= 0.6 is 0 Å². The van der Waals surface area contributed by atoms with Gasteiger partial charge in [-0.05, 0) is 24.6 Å². The first kappa shape index (κ1) is 17.4. The Morgan fingerprint density at radius 1 is 1.17 bits per heavy atom. The van der Waals surface area contributed by atoms with E-state index in [0.717, 1.165) is 19.2 Å². The Hall–Kier alpha value is -3.00. The lowest BCUT2D eigenvalue weighted by atomic mass is 10.1. The number of isocyanates is 1. The van der Waals surface area contributed by atoms with E-state index in [1.165, 1.54) is 13.0 Å². The molecule has 1 aromatic carbocycles. The van der Waals surface area contributed by atoms with Crippen LogP contribution in [0.3, 0.4) is 0 Å². The Morgan fingerprint density at radius 2 is 1.79 bits per heavy atom. The lowest BCUT2D eigenvalue weighted by Crippen LogP contribution is -2.41. The minimum Gasteiger partial charge on any atom is -0.292 e. The van der Waals surface area contributed by atoms with Gasteiger partial charge in [0.25, 0.3) is 5.56 Å². The monoisotopic (exact) mass is 343 g/mol. The van der Waals surface area contributed by atoms with Crippen molar-refractivity contribution in [1.82, 2.24) is 9.13 Å². The molecule has 24 heavy (non-hydrogen) atoms. The van der Waals surface area contributed by atoms with Gasteiger partial charge in [0.15, 0.2) is 0 Å². The zero-order chi connectivity index (χ0) is 18.2. The predicted octanol–water partition coefficient (Wildman–Crippen LogP) is 1.97. The van der Waals surface area contributed by atoms with Crippen LogP contribution in [0.2, 0.25) is 0 Å². The molecule has 0 atom stereocenters. The number of aliphatic imine (C=N–C) groups is 1. The number of benzene rings is 1. The third-order valence-corrected chi connectivity index (χ3v) is 3.28. The van der Waals surface area contributed by atoms with Crippen LogP contribution in [0.15, 0.2) is 32.8 Å². The quantitative estimate of drug-likeness (QED) is 0.475. The van der Waals surface area contributed by atoms with Gasteiger partial charge in [-0.2, -0.15) is 18.2 Å². The van der Waals surface area contributed by atoms with Crippen LogP contribution in [0.5, 0.6) is 0 Å². The molecule has 0 bridgehead atoms. The fourth-order valence-corrected chi connectivity index (χ4v) is 2.11. The van der Waals surface area contributed by atoms with Crippen molar-refractivity contribution in [3.05, 3.63) is 56.1 Å². The first-order valence-corrected chi connectivity index (χ1v) is 6.36. The Morgan fingerprint density at radius 3 is 2.33 bits per heavy atom. The molecule has 126 valence electrons. The van der Waals surface area contributed by atoms with Crippen molar-refractivity contribution in [3.63, 3.8) is 0 Å². The number of hydrogen-bond donors (Lipinski definition) is 0. The van der Waals surface area contributed by atoms with Gasteiger partial charge in [0.1, 0.15) is 11.5 Å². The third kappa shape index (κ3) is 2.91. The van der Waals surface area contributed by atoms with Gasteiger partial charge in [0.05, 0.1) is 11.4 Å². The van der Waals surface area contributed by atoms with E-state index < -0.39 is 34.6 Å². The summed E-state index contributed by atoms with van der Waals surface area (Å²) in [6.45, 7) is 1.41. The van der Waals surface area contributed by atoms with Gasteiger partial charge in [0.2, 0.25) is 6.08 Å². The van der Waals surface area contributed by atoms with Crippen LogP contribution < -0.4 is 11.2 Å². The van der Waals surface area contributed by atoms with Gasteiger partial charge >= 0.3 is 11.9 Å². The number of rotatable bonds is 2. The second kappa shape index (κ2) is 5.89. The van der Waals surface area contributed by atoms with Crippen molar-refractivity contribution < 1.29 is 22.4 Å². The van der Waals surface area contributed by atoms with Gasteiger partial charge < -0.3 is 0 Å². The van der Waals surface area contributed by atoms with E-state index in [2.05, 4.69) is 4.99 Å². The van der Waals surface area contributed by atoms with E-state index >= 15 is 0 Å². The molecule has 0 aliphatic heterocycles. The first-order valence-electron chi connectivity index (χ1n) is 6.36. The largest absolute Gasteiger partial charge is 0.431 e. The minimum absolute atomic E-state index is 0.0738. The summed E-state index contributed by atoms with van der Waals surface area (Å²) in [5.74, 6) is -1.03. The lowest BCUT2D eigenvalue weighted by Gasteiger charge is -2.14. The summed E-state index contributed by atoms with van der Waals surface area (Å²) >= 11 is 0. The van der Waals surface area contributed by atoms with Gasteiger partial charge in [-0.3, -0.25) is 9.36 Å². The number of aryl methyl sites for hydroxylation is 1. The van der Waals surface area contributed by atoms with Crippen LogP contribution in [0, 0.1) is 12.7 Å². The van der Waals surface area contributed by atoms with Crippen molar-refractivity contribution in [2.75, 3.05) is 0 Å². The fraction of sp³-hybridized carbons (Fsp3) is 0.214. The van der Waals surface area contributed by atoms with Gasteiger partial charge in [-0.15, -0.1) is 0 Å². The van der Waals surface area contributed by atoms with Gasteiger partial charge in [-0.25, -0.2) is 18.5 Å². The SMILES string of the molecule is Cc1cc(F)c(-n2c(=O)cc(C(F)(F)F)n(C)c2=O)cc1N=C=O. The van der Waals surface area contributed by atoms with Crippen LogP contribution in [0.1, 0.15) is 11.3 Å². The topological polar surface area (TPSA) is 73.4 Å². The van der Waals surface area contributed by atoms with E-state index in [1.807, 2.05) is 0 Å². The number of alkyl halides is 3. The Labute approximate surface area is 131 Å².